The first kappa shape index (κ1) is 35.7. The normalized spacial score (nSPS) is 13.4. The summed E-state index contributed by atoms with van der Waals surface area (Å²) in [5.74, 6) is 0.869. The molecule has 1 aliphatic rings. The van der Waals surface area contributed by atoms with Crippen molar-refractivity contribution in [1.29, 1.82) is 0 Å². The van der Waals surface area contributed by atoms with Gasteiger partial charge in [0.25, 0.3) is 0 Å². The van der Waals surface area contributed by atoms with Crippen LogP contribution in [-0.2, 0) is 26.5 Å². The van der Waals surface area contributed by atoms with Crippen LogP contribution in [0.25, 0.3) is 55.6 Å². The Morgan fingerprint density at radius 1 is 0.740 bits per heavy atom. The second kappa shape index (κ2) is 15.8. The summed E-state index contributed by atoms with van der Waals surface area (Å²) in [6, 6.07) is 42.0. The van der Waals surface area contributed by atoms with Crippen LogP contribution in [0.4, 0.5) is 0 Å². The third-order valence-corrected chi connectivity index (χ3v) is 11.8. The summed E-state index contributed by atoms with van der Waals surface area (Å²) in [4.78, 5) is 9.28. The molecule has 5 heteroatoms. The van der Waals surface area contributed by atoms with E-state index in [1.807, 2.05) is 36.5 Å². The number of hydrogen-bond donors (Lipinski definition) is 0. The monoisotopic (exact) mass is 849 g/mol. The van der Waals surface area contributed by atoms with Crippen LogP contribution in [0.3, 0.4) is 0 Å². The average Bonchev–Trinajstić information content (AvgIpc) is 3.51. The Bertz CT molecular complexity index is 2180. The van der Waals surface area contributed by atoms with Gasteiger partial charge in [-0.1, -0.05) is 128 Å². The fraction of sp³-hybridized carbons (Fsp3) is 0.244. The van der Waals surface area contributed by atoms with E-state index in [2.05, 4.69) is 123 Å². The number of fused-ring (bicyclic) bond motifs is 3. The van der Waals surface area contributed by atoms with E-state index in [0.717, 1.165) is 55.9 Å². The molecular weight excluding hydrogens is 805 g/mol. The molecule has 3 nitrogen and oxygen atoms in total. The number of pyridine rings is 2. The molecule has 7 aromatic rings. The fourth-order valence-electron chi connectivity index (χ4n) is 7.16. The smallest absolute Gasteiger partial charge is 0.121 e. The first-order valence-electron chi connectivity index (χ1n) is 17.7. The first-order chi connectivity index (χ1) is 23.8. The Morgan fingerprint density at radius 3 is 2.28 bits per heavy atom. The van der Waals surface area contributed by atoms with Crippen LogP contribution in [0.15, 0.2) is 120 Å². The third-order valence-electron chi connectivity index (χ3n) is 9.73. The SMILES string of the molecule is C[Si](C)(C)c1cnc(-c2[c-]cccc2)cc1CC1CCCCC1.Cc1ccnc(-c2[c-]ccc3c2oc2cc(-c4ccccc4)ccc23)c1.[Ir]. The number of aromatic nitrogens is 2. The van der Waals surface area contributed by atoms with Gasteiger partial charge in [-0.3, -0.25) is 0 Å². The predicted molar refractivity (Wildman–Crippen MR) is 208 cm³/mol. The maximum atomic E-state index is 6.27. The van der Waals surface area contributed by atoms with Gasteiger partial charge in [-0.2, -0.15) is 0 Å². The molecule has 1 radical (unpaired) electrons. The van der Waals surface area contributed by atoms with Crippen LogP contribution in [0.1, 0.15) is 43.2 Å². The second-order valence-electron chi connectivity index (χ2n) is 14.5. The number of furan rings is 1. The van der Waals surface area contributed by atoms with Gasteiger partial charge in [0.15, 0.2) is 0 Å². The van der Waals surface area contributed by atoms with E-state index in [9.17, 15) is 0 Å². The minimum atomic E-state index is -1.36. The van der Waals surface area contributed by atoms with Crippen molar-refractivity contribution in [3.63, 3.8) is 0 Å². The van der Waals surface area contributed by atoms with Crippen LogP contribution in [0.5, 0.6) is 0 Å². The molecular formula is C45H44IrN2OSi-2. The molecule has 0 aliphatic heterocycles. The van der Waals surface area contributed by atoms with Crippen molar-refractivity contribution in [2.24, 2.45) is 5.92 Å². The van der Waals surface area contributed by atoms with E-state index < -0.39 is 8.07 Å². The molecule has 0 unspecified atom stereocenters. The van der Waals surface area contributed by atoms with Gasteiger partial charge in [0, 0.05) is 37.9 Å². The van der Waals surface area contributed by atoms with Gasteiger partial charge in [0.1, 0.15) is 5.58 Å². The molecule has 4 aromatic carbocycles. The molecule has 1 aliphatic carbocycles. The van der Waals surface area contributed by atoms with Crippen molar-refractivity contribution in [2.45, 2.75) is 65.1 Å². The van der Waals surface area contributed by atoms with E-state index >= 15 is 0 Å². The molecule has 0 saturated heterocycles. The number of aryl methyl sites for hydroxylation is 1. The molecule has 0 amide bonds. The maximum Gasteiger partial charge on any atom is 0.121 e. The molecule has 1 saturated carbocycles. The zero-order valence-electron chi connectivity index (χ0n) is 29.4. The summed E-state index contributed by atoms with van der Waals surface area (Å²) in [5, 5.41) is 3.75. The average molecular weight is 849 g/mol. The molecule has 0 bridgehead atoms. The minimum absolute atomic E-state index is 0. The molecule has 0 atom stereocenters. The van der Waals surface area contributed by atoms with Crippen LogP contribution in [0, 0.1) is 25.0 Å². The van der Waals surface area contributed by atoms with E-state index in [0.29, 0.717) is 0 Å². The van der Waals surface area contributed by atoms with Crippen LogP contribution < -0.4 is 5.19 Å². The number of nitrogens with zero attached hydrogens (tertiary/aromatic N) is 2. The molecule has 0 N–H and O–H groups in total. The van der Waals surface area contributed by atoms with Gasteiger partial charge >= 0.3 is 0 Å². The fourth-order valence-corrected chi connectivity index (χ4v) is 8.75. The molecule has 50 heavy (non-hydrogen) atoms. The molecule has 255 valence electrons. The summed E-state index contributed by atoms with van der Waals surface area (Å²) < 4.78 is 6.27. The topological polar surface area (TPSA) is 38.9 Å². The van der Waals surface area contributed by atoms with Gasteiger partial charge in [-0.05, 0) is 59.1 Å². The number of rotatable bonds is 6. The second-order valence-corrected chi connectivity index (χ2v) is 19.5. The van der Waals surface area contributed by atoms with Crippen LogP contribution >= 0.6 is 0 Å². The van der Waals surface area contributed by atoms with Crippen LogP contribution in [0.2, 0.25) is 19.6 Å². The Hall–Kier alpha value is -4.15. The Morgan fingerprint density at radius 2 is 1.54 bits per heavy atom. The quantitative estimate of drug-likeness (QED) is 0.124. The van der Waals surface area contributed by atoms with Gasteiger partial charge in [-0.25, -0.2) is 0 Å². The van der Waals surface area contributed by atoms with E-state index in [4.69, 9.17) is 9.40 Å². The maximum absolute atomic E-state index is 6.27. The molecule has 8 rings (SSSR count). The van der Waals surface area contributed by atoms with E-state index in [1.165, 1.54) is 49.7 Å². The van der Waals surface area contributed by atoms with Gasteiger partial charge in [0.05, 0.1) is 13.7 Å². The van der Waals surface area contributed by atoms with Gasteiger partial charge < -0.3 is 14.4 Å². The number of hydrogen-bond acceptors (Lipinski definition) is 3. The summed E-state index contributed by atoms with van der Waals surface area (Å²) in [6.07, 6.45) is 12.3. The molecule has 1 fully saturated rings. The Kier molecular flexibility index (Phi) is 11.3. The largest absolute Gasteiger partial charge is 0.501 e. The standard InChI is InChI=1S/C24H16NO.C21H28NSi.Ir/c1-16-12-13-25-22(14-16)21-9-5-8-20-19-11-10-18(15-23(19)26-24(20)21)17-6-3-2-4-7-17;1-23(2,3)21-16-22-20(18-12-8-5-9-13-18)15-19(21)14-17-10-6-4-7-11-17;/h2-8,10-15H,1H3;5,8-9,12,15-17H,4,6-7,10-11,14H2,1-3H3;/q2*-1;. The first-order valence-corrected chi connectivity index (χ1v) is 21.2. The zero-order valence-corrected chi connectivity index (χ0v) is 32.8. The molecule has 0 spiro atoms. The van der Waals surface area contributed by atoms with Crippen molar-refractivity contribution >= 4 is 35.2 Å². The zero-order chi connectivity index (χ0) is 33.8. The van der Waals surface area contributed by atoms with Gasteiger partial charge in [0.2, 0.25) is 0 Å². The summed E-state index contributed by atoms with van der Waals surface area (Å²) >= 11 is 0. The Balaban J connectivity index is 0.000000171. The minimum Gasteiger partial charge on any atom is -0.501 e. The van der Waals surface area contributed by atoms with Gasteiger partial charge in [-0.15, -0.1) is 54.1 Å². The van der Waals surface area contributed by atoms with E-state index in [-0.39, 0.29) is 20.1 Å². The number of benzene rings is 4. The van der Waals surface area contributed by atoms with Crippen molar-refractivity contribution in [3.05, 3.63) is 139 Å². The molecule has 3 aromatic heterocycles. The van der Waals surface area contributed by atoms with E-state index in [1.54, 1.807) is 10.8 Å². The van der Waals surface area contributed by atoms with Crippen LogP contribution in [-0.4, -0.2) is 18.0 Å². The van der Waals surface area contributed by atoms with Crippen molar-refractivity contribution in [3.8, 4) is 33.6 Å². The summed E-state index contributed by atoms with van der Waals surface area (Å²) in [5.41, 5.74) is 10.8. The summed E-state index contributed by atoms with van der Waals surface area (Å²) in [7, 11) is -1.36. The van der Waals surface area contributed by atoms with Crippen molar-refractivity contribution in [1.82, 2.24) is 9.97 Å². The summed E-state index contributed by atoms with van der Waals surface area (Å²) in [6.45, 7) is 9.37. The third kappa shape index (κ3) is 8.07. The molecule has 3 heterocycles. The van der Waals surface area contributed by atoms with Crippen molar-refractivity contribution < 1.29 is 24.5 Å². The predicted octanol–water partition coefficient (Wildman–Crippen LogP) is 11.6. The Labute approximate surface area is 311 Å². The van der Waals surface area contributed by atoms with Crippen molar-refractivity contribution in [2.75, 3.05) is 0 Å².